The predicted molar refractivity (Wildman–Crippen MR) is 111 cm³/mol. The van der Waals surface area contributed by atoms with Crippen molar-refractivity contribution in [2.24, 2.45) is 0 Å². The summed E-state index contributed by atoms with van der Waals surface area (Å²) in [7, 11) is 0. The molecule has 0 radical (unpaired) electrons. The molecule has 2 aromatic heterocycles. The second-order valence-electron chi connectivity index (χ2n) is 6.44. The molecule has 28 heavy (non-hydrogen) atoms. The van der Waals surface area contributed by atoms with Crippen molar-refractivity contribution in [2.75, 3.05) is 11.4 Å². The third-order valence-electron chi connectivity index (χ3n) is 4.72. The number of nitriles is 1. The van der Waals surface area contributed by atoms with Gasteiger partial charge in [0.25, 0.3) is 0 Å². The summed E-state index contributed by atoms with van der Waals surface area (Å²) < 4.78 is 0.731. The summed E-state index contributed by atoms with van der Waals surface area (Å²) in [5.74, 6) is -0.0930. The molecule has 5 nitrogen and oxygen atoms in total. The summed E-state index contributed by atoms with van der Waals surface area (Å²) in [6.45, 7) is 0.546. The van der Waals surface area contributed by atoms with Crippen LogP contribution in [0, 0.1) is 11.3 Å². The molecule has 0 bridgehead atoms. The number of nitrogens with zero attached hydrogens (tertiary/aromatic N) is 4. The molecule has 0 N–H and O–H groups in total. The van der Waals surface area contributed by atoms with Crippen LogP contribution in [0.3, 0.4) is 0 Å². The summed E-state index contributed by atoms with van der Waals surface area (Å²) in [4.78, 5) is 22.8. The Labute approximate surface area is 175 Å². The second kappa shape index (κ2) is 7.70. The molecule has 0 saturated heterocycles. The van der Waals surface area contributed by atoms with Crippen LogP contribution in [0.5, 0.6) is 0 Å². The Bertz CT molecular complexity index is 1130. The van der Waals surface area contributed by atoms with E-state index in [0.717, 1.165) is 21.3 Å². The molecule has 0 unspecified atom stereocenters. The molecule has 4 rings (SSSR count). The molecule has 0 saturated carbocycles. The fourth-order valence-corrected chi connectivity index (χ4v) is 3.99. The van der Waals surface area contributed by atoms with Crippen LogP contribution in [0.15, 0.2) is 53.4 Å². The first kappa shape index (κ1) is 18.6. The number of anilines is 1. The van der Waals surface area contributed by atoms with Gasteiger partial charge in [0.15, 0.2) is 0 Å². The van der Waals surface area contributed by atoms with Crippen molar-refractivity contribution >= 4 is 39.1 Å². The molecule has 1 aromatic carbocycles. The van der Waals surface area contributed by atoms with Gasteiger partial charge in [-0.2, -0.15) is 5.26 Å². The lowest BCUT2D eigenvalue weighted by Gasteiger charge is -2.19. The number of hydrogen-bond donors (Lipinski definition) is 0. The third kappa shape index (κ3) is 3.51. The van der Waals surface area contributed by atoms with E-state index >= 15 is 0 Å². The summed E-state index contributed by atoms with van der Waals surface area (Å²) in [6, 6.07) is 13.5. The number of fused-ring (bicyclic) bond motifs is 1. The number of carbonyl (C=O) groups is 1. The molecular weight excluding hydrogens is 440 g/mol. The number of benzene rings is 1. The minimum absolute atomic E-state index is 0.0930. The van der Waals surface area contributed by atoms with Crippen LogP contribution < -0.4 is 4.90 Å². The van der Waals surface area contributed by atoms with E-state index in [-0.39, 0.29) is 12.3 Å². The fourth-order valence-electron chi connectivity index (χ4n) is 3.44. The maximum Gasteiger partial charge on any atom is 0.231 e. The van der Waals surface area contributed by atoms with Gasteiger partial charge in [0.2, 0.25) is 5.91 Å². The molecule has 138 valence electrons. The SMILES string of the molecule is N#Cc1cc(-c2ccnc(Br)c2)cc2c1N(C(=O)Cc1cccnc1Cl)CC2. The van der Waals surface area contributed by atoms with E-state index < -0.39 is 0 Å². The first-order valence-corrected chi connectivity index (χ1v) is 9.82. The van der Waals surface area contributed by atoms with Crippen LogP contribution in [0.1, 0.15) is 16.7 Å². The van der Waals surface area contributed by atoms with E-state index in [4.69, 9.17) is 11.6 Å². The Morgan fingerprint density at radius 1 is 1.21 bits per heavy atom. The first-order chi connectivity index (χ1) is 13.6. The number of rotatable bonds is 3. The van der Waals surface area contributed by atoms with Crippen molar-refractivity contribution in [3.63, 3.8) is 0 Å². The van der Waals surface area contributed by atoms with Crippen LogP contribution in [-0.2, 0) is 17.6 Å². The quantitative estimate of drug-likeness (QED) is 0.545. The zero-order valence-electron chi connectivity index (χ0n) is 14.7. The summed E-state index contributed by atoms with van der Waals surface area (Å²) >= 11 is 9.47. The van der Waals surface area contributed by atoms with Gasteiger partial charge in [0.1, 0.15) is 15.8 Å². The zero-order valence-corrected chi connectivity index (χ0v) is 17.0. The third-order valence-corrected chi connectivity index (χ3v) is 5.50. The lowest BCUT2D eigenvalue weighted by Crippen LogP contribution is -2.31. The predicted octanol–water partition coefficient (Wildman–Crippen LogP) is 4.56. The highest BCUT2D eigenvalue weighted by Crippen LogP contribution is 2.36. The largest absolute Gasteiger partial charge is 0.310 e. The van der Waals surface area contributed by atoms with Crippen LogP contribution in [-0.4, -0.2) is 22.4 Å². The Morgan fingerprint density at radius 2 is 2.07 bits per heavy atom. The van der Waals surface area contributed by atoms with Crippen molar-refractivity contribution in [3.8, 4) is 17.2 Å². The van der Waals surface area contributed by atoms with Gasteiger partial charge in [0.05, 0.1) is 17.7 Å². The average molecular weight is 454 g/mol. The number of amides is 1. The minimum Gasteiger partial charge on any atom is -0.310 e. The molecule has 7 heteroatoms. The molecule has 1 aliphatic rings. The van der Waals surface area contributed by atoms with Gasteiger partial charge in [-0.05, 0) is 74.9 Å². The van der Waals surface area contributed by atoms with Crippen molar-refractivity contribution < 1.29 is 4.79 Å². The topological polar surface area (TPSA) is 69.9 Å². The molecule has 1 amide bonds. The summed E-state index contributed by atoms with van der Waals surface area (Å²) in [5, 5.41) is 10.0. The zero-order chi connectivity index (χ0) is 19.7. The van der Waals surface area contributed by atoms with Crippen molar-refractivity contribution in [1.29, 1.82) is 5.26 Å². The lowest BCUT2D eigenvalue weighted by atomic mass is 9.99. The highest BCUT2D eigenvalue weighted by Gasteiger charge is 2.28. The number of carbonyl (C=O) groups excluding carboxylic acids is 1. The maximum atomic E-state index is 12.9. The number of hydrogen-bond acceptors (Lipinski definition) is 4. The maximum absolute atomic E-state index is 12.9. The second-order valence-corrected chi connectivity index (χ2v) is 7.61. The fraction of sp³-hybridized carbons (Fsp3) is 0.143. The molecule has 0 aliphatic carbocycles. The number of halogens is 2. The van der Waals surface area contributed by atoms with E-state index in [2.05, 4.69) is 32.0 Å². The normalized spacial score (nSPS) is 12.5. The standard InChI is InChI=1S/C21H14BrClN4O/c22-18-10-13(3-6-25-18)16-8-14-4-7-27(20(14)17(9-16)12-24)19(28)11-15-2-1-5-26-21(15)23/h1-3,5-6,8-10H,4,7,11H2. The smallest absolute Gasteiger partial charge is 0.231 e. The highest BCUT2D eigenvalue weighted by molar-refractivity contribution is 9.10. The molecule has 0 fully saturated rings. The van der Waals surface area contributed by atoms with Gasteiger partial charge in [-0.3, -0.25) is 4.79 Å². The summed E-state index contributed by atoms with van der Waals surface area (Å²) in [6.07, 6.45) is 4.16. The van der Waals surface area contributed by atoms with E-state index in [1.807, 2.05) is 24.3 Å². The molecular formula is C21H14BrClN4O. The van der Waals surface area contributed by atoms with Crippen molar-refractivity contribution in [1.82, 2.24) is 9.97 Å². The van der Waals surface area contributed by atoms with Gasteiger partial charge in [0, 0.05) is 18.9 Å². The van der Waals surface area contributed by atoms with Crippen LogP contribution in [0.25, 0.3) is 11.1 Å². The van der Waals surface area contributed by atoms with E-state index in [9.17, 15) is 10.1 Å². The Kier molecular flexibility index (Phi) is 5.12. The first-order valence-electron chi connectivity index (χ1n) is 8.65. The van der Waals surface area contributed by atoms with Crippen LogP contribution >= 0.6 is 27.5 Å². The van der Waals surface area contributed by atoms with Gasteiger partial charge in [-0.15, -0.1) is 0 Å². The monoisotopic (exact) mass is 452 g/mol. The lowest BCUT2D eigenvalue weighted by molar-refractivity contribution is -0.117. The van der Waals surface area contributed by atoms with Gasteiger partial charge >= 0.3 is 0 Å². The molecule has 0 spiro atoms. The van der Waals surface area contributed by atoms with Crippen molar-refractivity contribution in [3.05, 3.63) is 75.2 Å². The molecule has 1 aliphatic heterocycles. The molecule has 3 aromatic rings. The van der Waals surface area contributed by atoms with Gasteiger partial charge in [-0.25, -0.2) is 9.97 Å². The van der Waals surface area contributed by atoms with E-state index in [0.29, 0.717) is 34.9 Å². The highest BCUT2D eigenvalue weighted by atomic mass is 79.9. The van der Waals surface area contributed by atoms with Gasteiger partial charge in [-0.1, -0.05) is 17.7 Å². The molecule has 0 atom stereocenters. The van der Waals surface area contributed by atoms with Crippen LogP contribution in [0.4, 0.5) is 5.69 Å². The number of pyridine rings is 2. The van der Waals surface area contributed by atoms with E-state index in [1.54, 1.807) is 29.4 Å². The molecule has 3 heterocycles. The Balaban J connectivity index is 1.69. The average Bonchev–Trinajstić information content (AvgIpc) is 3.13. The summed E-state index contributed by atoms with van der Waals surface area (Å²) in [5.41, 5.74) is 4.76. The van der Waals surface area contributed by atoms with Crippen LogP contribution in [0.2, 0.25) is 5.15 Å². The Hall–Kier alpha value is -2.75. The Morgan fingerprint density at radius 3 is 2.82 bits per heavy atom. The van der Waals surface area contributed by atoms with Crippen molar-refractivity contribution in [2.45, 2.75) is 12.8 Å². The van der Waals surface area contributed by atoms with Gasteiger partial charge < -0.3 is 4.90 Å². The number of aromatic nitrogens is 2. The van der Waals surface area contributed by atoms with E-state index in [1.165, 1.54) is 0 Å². The minimum atomic E-state index is -0.0930.